The zero-order chi connectivity index (χ0) is 19.8. The number of halogens is 1. The number of rotatable bonds is 5. The van der Waals surface area contributed by atoms with Gasteiger partial charge in [0.25, 0.3) is 5.56 Å². The molecule has 27 heavy (non-hydrogen) atoms. The summed E-state index contributed by atoms with van der Waals surface area (Å²) in [5.74, 6) is -2.00. The number of hydrogen-bond acceptors (Lipinski definition) is 5. The Balaban J connectivity index is 2.10. The Bertz CT molecular complexity index is 958. The number of nitrogens with zero attached hydrogens (tertiary/aromatic N) is 2. The number of Topliss-reactive ketones (excluding diaryl/α,β-unsaturated/α-hetero) is 1. The fourth-order valence-electron chi connectivity index (χ4n) is 3.78. The maximum atomic E-state index is 14.6. The summed E-state index contributed by atoms with van der Waals surface area (Å²) in [6.45, 7) is 1.76. The summed E-state index contributed by atoms with van der Waals surface area (Å²) in [6.07, 6.45) is 1.05. The van der Waals surface area contributed by atoms with E-state index in [1.807, 2.05) is 0 Å². The van der Waals surface area contributed by atoms with Gasteiger partial charge in [0.15, 0.2) is 11.6 Å². The first kappa shape index (κ1) is 19.0. The predicted molar refractivity (Wildman–Crippen MR) is 95.2 cm³/mol. The average Bonchev–Trinajstić information content (AvgIpc) is 2.65. The van der Waals surface area contributed by atoms with Crippen molar-refractivity contribution in [3.8, 4) is 5.75 Å². The second-order valence-corrected chi connectivity index (χ2v) is 6.91. The molecule has 0 aromatic carbocycles. The lowest BCUT2D eigenvalue weighted by molar-refractivity contribution is -0.159. The van der Waals surface area contributed by atoms with E-state index < -0.39 is 23.3 Å². The number of pyridine rings is 2. The Hall–Kier alpha value is -2.77. The molecule has 0 saturated heterocycles. The fraction of sp³-hybridized carbons (Fsp3) is 0.474. The highest BCUT2D eigenvalue weighted by atomic mass is 19.1. The first-order chi connectivity index (χ1) is 12.8. The largest absolute Gasteiger partial charge is 0.484 e. The Kier molecular flexibility index (Phi) is 4.99. The fourth-order valence-corrected chi connectivity index (χ4v) is 3.78. The van der Waals surface area contributed by atoms with E-state index in [2.05, 4.69) is 4.98 Å². The van der Waals surface area contributed by atoms with Crippen LogP contribution >= 0.6 is 0 Å². The van der Waals surface area contributed by atoms with Crippen molar-refractivity contribution in [1.82, 2.24) is 9.55 Å². The van der Waals surface area contributed by atoms with Crippen LogP contribution in [-0.2, 0) is 16.6 Å². The quantitative estimate of drug-likeness (QED) is 0.861. The minimum atomic E-state index is -1.28. The molecule has 144 valence electrons. The van der Waals surface area contributed by atoms with Crippen LogP contribution < -0.4 is 10.3 Å². The van der Waals surface area contributed by atoms with E-state index in [4.69, 9.17) is 4.74 Å². The number of carbonyl (C=O) groups is 2. The van der Waals surface area contributed by atoms with Crippen LogP contribution in [0.3, 0.4) is 0 Å². The van der Waals surface area contributed by atoms with Crippen LogP contribution in [0.2, 0.25) is 0 Å². The molecule has 1 unspecified atom stereocenters. The SMILES string of the molecule is CCC(Oc1c(F)cnc2ccc(=O)n(C)c12)C1(C(=O)O)CCC(=O)CC1. The molecule has 0 amide bonds. The number of aryl methyl sites for hydroxylation is 1. The van der Waals surface area contributed by atoms with E-state index in [9.17, 15) is 23.9 Å². The molecule has 1 saturated carbocycles. The van der Waals surface area contributed by atoms with Gasteiger partial charge in [-0.3, -0.25) is 19.4 Å². The maximum Gasteiger partial charge on any atom is 0.313 e. The second-order valence-electron chi connectivity index (χ2n) is 6.91. The van der Waals surface area contributed by atoms with Gasteiger partial charge in [0.1, 0.15) is 22.8 Å². The van der Waals surface area contributed by atoms with Gasteiger partial charge >= 0.3 is 5.97 Å². The lowest BCUT2D eigenvalue weighted by Crippen LogP contribution is -2.48. The summed E-state index contributed by atoms with van der Waals surface area (Å²) in [5, 5.41) is 9.88. The minimum Gasteiger partial charge on any atom is -0.484 e. The van der Waals surface area contributed by atoms with Crippen LogP contribution in [0.4, 0.5) is 4.39 Å². The number of ether oxygens (including phenoxy) is 1. The third kappa shape index (κ3) is 3.20. The van der Waals surface area contributed by atoms with Crippen LogP contribution in [0.1, 0.15) is 39.0 Å². The number of carboxylic acids is 1. The molecule has 8 heteroatoms. The molecule has 7 nitrogen and oxygen atoms in total. The number of hydrogen-bond donors (Lipinski definition) is 1. The Morgan fingerprint density at radius 3 is 2.63 bits per heavy atom. The van der Waals surface area contributed by atoms with Crippen LogP contribution in [-0.4, -0.2) is 32.5 Å². The van der Waals surface area contributed by atoms with Gasteiger partial charge in [-0.25, -0.2) is 4.39 Å². The average molecular weight is 376 g/mol. The van der Waals surface area contributed by atoms with Crippen molar-refractivity contribution in [3.05, 3.63) is 34.5 Å². The summed E-state index contributed by atoms with van der Waals surface area (Å²) in [5.41, 5.74) is -1.10. The molecule has 1 aliphatic rings. The lowest BCUT2D eigenvalue weighted by Gasteiger charge is -2.39. The predicted octanol–water partition coefficient (Wildman–Crippen LogP) is 2.44. The smallest absolute Gasteiger partial charge is 0.313 e. The third-order valence-corrected chi connectivity index (χ3v) is 5.41. The summed E-state index contributed by atoms with van der Waals surface area (Å²) < 4.78 is 21.7. The summed E-state index contributed by atoms with van der Waals surface area (Å²) >= 11 is 0. The Morgan fingerprint density at radius 1 is 1.37 bits per heavy atom. The van der Waals surface area contributed by atoms with Gasteiger partial charge in [0, 0.05) is 26.0 Å². The van der Waals surface area contributed by atoms with E-state index in [0.29, 0.717) is 11.9 Å². The third-order valence-electron chi connectivity index (χ3n) is 5.41. The number of aromatic nitrogens is 2. The highest BCUT2D eigenvalue weighted by molar-refractivity contribution is 5.84. The number of ketones is 1. The molecule has 0 radical (unpaired) electrons. The maximum absolute atomic E-state index is 14.6. The summed E-state index contributed by atoms with van der Waals surface area (Å²) in [4.78, 5) is 39.7. The topological polar surface area (TPSA) is 98.5 Å². The van der Waals surface area contributed by atoms with E-state index >= 15 is 0 Å². The van der Waals surface area contributed by atoms with Gasteiger partial charge in [0.2, 0.25) is 0 Å². The van der Waals surface area contributed by atoms with Gasteiger partial charge < -0.3 is 14.4 Å². The zero-order valence-electron chi connectivity index (χ0n) is 15.2. The number of fused-ring (bicyclic) bond motifs is 1. The van der Waals surface area contributed by atoms with Gasteiger partial charge in [-0.15, -0.1) is 0 Å². The highest BCUT2D eigenvalue weighted by Crippen LogP contribution is 2.42. The second kappa shape index (κ2) is 7.09. The summed E-state index contributed by atoms with van der Waals surface area (Å²) in [7, 11) is 1.48. The van der Waals surface area contributed by atoms with Gasteiger partial charge in [-0.1, -0.05) is 6.92 Å². The van der Waals surface area contributed by atoms with Crippen molar-refractivity contribution >= 4 is 22.8 Å². The molecule has 1 fully saturated rings. The monoisotopic (exact) mass is 376 g/mol. The molecule has 1 N–H and O–H groups in total. The molecule has 1 atom stereocenters. The van der Waals surface area contributed by atoms with Crippen LogP contribution in [0.25, 0.3) is 11.0 Å². The summed E-state index contributed by atoms with van der Waals surface area (Å²) in [6, 6.07) is 2.79. The molecule has 0 bridgehead atoms. The van der Waals surface area contributed by atoms with Crippen molar-refractivity contribution < 1.29 is 23.8 Å². The van der Waals surface area contributed by atoms with Crippen molar-refractivity contribution in [2.45, 2.75) is 45.1 Å². The van der Waals surface area contributed by atoms with Crippen molar-refractivity contribution in [3.63, 3.8) is 0 Å². The standard InChI is InChI=1S/C19H21FN2O5/c1-3-14(19(18(25)26)8-6-11(23)7-9-19)27-17-12(20)10-21-13-4-5-15(24)22(2)16(13)17/h4-5,10,14H,3,6-9H2,1-2H3,(H,25,26). The molecular weight excluding hydrogens is 355 g/mol. The Morgan fingerprint density at radius 2 is 2.04 bits per heavy atom. The first-order valence-electron chi connectivity index (χ1n) is 8.86. The highest BCUT2D eigenvalue weighted by Gasteiger charge is 2.49. The van der Waals surface area contributed by atoms with Crippen LogP contribution in [0, 0.1) is 11.2 Å². The van der Waals surface area contributed by atoms with Crippen LogP contribution in [0.5, 0.6) is 5.75 Å². The van der Waals surface area contributed by atoms with E-state index in [1.165, 1.54) is 23.7 Å². The van der Waals surface area contributed by atoms with Gasteiger partial charge in [-0.05, 0) is 25.3 Å². The molecule has 1 aliphatic carbocycles. The van der Waals surface area contributed by atoms with Gasteiger partial charge in [-0.2, -0.15) is 0 Å². The molecule has 3 rings (SSSR count). The minimum absolute atomic E-state index is 0.0182. The molecule has 2 aromatic rings. The molecule has 0 aliphatic heterocycles. The first-order valence-corrected chi connectivity index (χ1v) is 8.86. The molecule has 2 heterocycles. The number of carboxylic acid groups (broad SMARTS) is 1. The van der Waals surface area contributed by atoms with Crippen molar-refractivity contribution in [1.29, 1.82) is 0 Å². The number of aliphatic carboxylic acids is 1. The molecule has 2 aromatic heterocycles. The normalized spacial score (nSPS) is 17.7. The molecular formula is C19H21FN2O5. The Labute approximate surface area is 154 Å². The molecule has 0 spiro atoms. The van der Waals surface area contributed by atoms with E-state index in [1.54, 1.807) is 6.92 Å². The van der Waals surface area contributed by atoms with Crippen LogP contribution in [0.15, 0.2) is 23.1 Å². The van der Waals surface area contributed by atoms with Crippen molar-refractivity contribution in [2.24, 2.45) is 12.5 Å². The van der Waals surface area contributed by atoms with E-state index in [-0.39, 0.29) is 48.3 Å². The van der Waals surface area contributed by atoms with Gasteiger partial charge in [0.05, 0.1) is 11.7 Å². The lowest BCUT2D eigenvalue weighted by atomic mass is 9.69. The van der Waals surface area contributed by atoms with E-state index in [0.717, 1.165) is 6.20 Å². The number of carbonyl (C=O) groups excluding carboxylic acids is 1. The van der Waals surface area contributed by atoms with Crippen molar-refractivity contribution in [2.75, 3.05) is 0 Å². The zero-order valence-corrected chi connectivity index (χ0v) is 15.2.